The smallest absolute Gasteiger partial charge is 0.238 e. The highest BCUT2D eigenvalue weighted by Crippen LogP contribution is 2.24. The van der Waals surface area contributed by atoms with Crippen molar-refractivity contribution in [1.29, 1.82) is 0 Å². The van der Waals surface area contributed by atoms with Gasteiger partial charge in [0.2, 0.25) is 5.91 Å². The average Bonchev–Trinajstić information content (AvgIpc) is 2.91. The van der Waals surface area contributed by atoms with E-state index in [4.69, 9.17) is 5.84 Å². The van der Waals surface area contributed by atoms with E-state index in [1.165, 1.54) is 11.5 Å². The maximum Gasteiger partial charge on any atom is 0.238 e. The minimum Gasteiger partial charge on any atom is -0.294 e. The Kier molecular flexibility index (Phi) is 4.68. The van der Waals surface area contributed by atoms with Crippen LogP contribution in [-0.4, -0.2) is 15.3 Å². The molecule has 7 heteroatoms. The molecule has 1 aromatic heterocycles. The Morgan fingerprint density at radius 2 is 2.17 bits per heavy atom. The topological polar surface area (TPSA) is 80.9 Å². The molecule has 94 valence electrons. The van der Waals surface area contributed by atoms with Crippen molar-refractivity contribution >= 4 is 29.2 Å². The Bertz CT molecular complexity index is 516. The van der Waals surface area contributed by atoms with Gasteiger partial charge in [0.15, 0.2) is 4.34 Å². The Morgan fingerprint density at radius 3 is 2.83 bits per heavy atom. The Balaban J connectivity index is 2.05. The van der Waals surface area contributed by atoms with Crippen molar-refractivity contribution < 1.29 is 4.79 Å². The zero-order valence-electron chi connectivity index (χ0n) is 9.50. The van der Waals surface area contributed by atoms with Crippen molar-refractivity contribution in [1.82, 2.24) is 14.8 Å². The molecule has 0 fully saturated rings. The van der Waals surface area contributed by atoms with Gasteiger partial charge in [0.1, 0.15) is 6.33 Å². The predicted octanol–water partition coefficient (Wildman–Crippen LogP) is 1.36. The van der Waals surface area contributed by atoms with Gasteiger partial charge in [-0.3, -0.25) is 10.2 Å². The summed E-state index contributed by atoms with van der Waals surface area (Å²) >= 11 is 2.98. The van der Waals surface area contributed by atoms with Gasteiger partial charge in [-0.2, -0.15) is 4.37 Å². The largest absolute Gasteiger partial charge is 0.294 e. The van der Waals surface area contributed by atoms with Gasteiger partial charge in [-0.15, -0.1) is 0 Å². The zero-order chi connectivity index (χ0) is 12.8. The number of hydrazine groups is 1. The molecule has 3 N–H and O–H groups in total. The molecule has 0 aliphatic carbocycles. The summed E-state index contributed by atoms with van der Waals surface area (Å²) in [7, 11) is 0. The fourth-order valence-corrected chi connectivity index (χ4v) is 2.94. The first-order chi connectivity index (χ1) is 8.79. The molecule has 0 bridgehead atoms. The van der Waals surface area contributed by atoms with Crippen molar-refractivity contribution in [2.24, 2.45) is 5.84 Å². The number of benzene rings is 1. The normalized spacial score (nSPS) is 10.3. The second kappa shape index (κ2) is 6.48. The summed E-state index contributed by atoms with van der Waals surface area (Å²) in [6.07, 6.45) is 1.84. The summed E-state index contributed by atoms with van der Waals surface area (Å²) in [4.78, 5) is 15.4. The van der Waals surface area contributed by atoms with Gasteiger partial charge in [-0.1, -0.05) is 36.0 Å². The standard InChI is InChI=1S/C11H12N4OS2/c12-15-10(16)5-8-3-1-2-4-9(8)6-17-11-13-7-14-18-11/h1-4,7H,5-6,12H2,(H,15,16). The van der Waals surface area contributed by atoms with Gasteiger partial charge in [-0.25, -0.2) is 10.8 Å². The fraction of sp³-hybridized carbons (Fsp3) is 0.182. The third-order valence-corrected chi connectivity index (χ3v) is 4.17. The monoisotopic (exact) mass is 280 g/mol. The van der Waals surface area contributed by atoms with E-state index < -0.39 is 0 Å². The van der Waals surface area contributed by atoms with Crippen LogP contribution in [0.5, 0.6) is 0 Å². The fourth-order valence-electron chi connectivity index (χ4n) is 1.46. The lowest BCUT2D eigenvalue weighted by Gasteiger charge is -2.07. The van der Waals surface area contributed by atoms with E-state index in [1.54, 1.807) is 18.1 Å². The lowest BCUT2D eigenvalue weighted by molar-refractivity contribution is -0.120. The highest BCUT2D eigenvalue weighted by molar-refractivity contribution is 8.00. The number of carbonyl (C=O) groups is 1. The summed E-state index contributed by atoms with van der Waals surface area (Å²) in [5.74, 6) is 5.68. The molecular weight excluding hydrogens is 268 g/mol. The van der Waals surface area contributed by atoms with Crippen LogP contribution in [0.3, 0.4) is 0 Å². The van der Waals surface area contributed by atoms with Gasteiger partial charge in [-0.05, 0) is 22.7 Å². The minimum atomic E-state index is -0.191. The molecule has 18 heavy (non-hydrogen) atoms. The van der Waals surface area contributed by atoms with Crippen molar-refractivity contribution in [2.75, 3.05) is 0 Å². The first kappa shape index (κ1) is 13.0. The lowest BCUT2D eigenvalue weighted by atomic mass is 10.1. The predicted molar refractivity (Wildman–Crippen MR) is 71.9 cm³/mol. The quantitative estimate of drug-likeness (QED) is 0.374. The maximum absolute atomic E-state index is 11.3. The van der Waals surface area contributed by atoms with Crippen LogP contribution in [0, 0.1) is 0 Å². The Morgan fingerprint density at radius 1 is 1.39 bits per heavy atom. The molecule has 0 aliphatic rings. The highest BCUT2D eigenvalue weighted by Gasteiger charge is 2.07. The molecule has 2 rings (SSSR count). The average molecular weight is 280 g/mol. The number of rotatable bonds is 5. The number of nitrogens with zero attached hydrogens (tertiary/aromatic N) is 2. The van der Waals surface area contributed by atoms with E-state index in [0.717, 1.165) is 21.2 Å². The van der Waals surface area contributed by atoms with E-state index in [1.807, 2.05) is 24.3 Å². The molecular formula is C11H12N4OS2. The van der Waals surface area contributed by atoms with Gasteiger partial charge in [0.25, 0.3) is 0 Å². The van der Waals surface area contributed by atoms with Crippen LogP contribution in [0.15, 0.2) is 34.9 Å². The molecule has 2 aromatic rings. The summed E-state index contributed by atoms with van der Waals surface area (Å²) in [5, 5.41) is 0. The third-order valence-electron chi connectivity index (χ3n) is 2.32. The molecule has 1 aromatic carbocycles. The first-order valence-electron chi connectivity index (χ1n) is 5.25. The number of aromatic nitrogens is 2. The molecule has 5 nitrogen and oxygen atoms in total. The maximum atomic E-state index is 11.3. The molecule has 0 atom stereocenters. The summed E-state index contributed by atoms with van der Waals surface area (Å²) in [6, 6.07) is 7.82. The minimum absolute atomic E-state index is 0.191. The zero-order valence-corrected chi connectivity index (χ0v) is 11.1. The van der Waals surface area contributed by atoms with Gasteiger partial charge in [0.05, 0.1) is 6.42 Å². The van der Waals surface area contributed by atoms with Crippen LogP contribution in [0.4, 0.5) is 0 Å². The van der Waals surface area contributed by atoms with E-state index in [0.29, 0.717) is 6.42 Å². The number of thioether (sulfide) groups is 1. The molecule has 0 unspecified atom stereocenters. The molecule has 0 radical (unpaired) electrons. The number of carbonyl (C=O) groups excluding carboxylic acids is 1. The number of hydrogen-bond donors (Lipinski definition) is 2. The molecule has 1 amide bonds. The van der Waals surface area contributed by atoms with E-state index >= 15 is 0 Å². The summed E-state index contributed by atoms with van der Waals surface area (Å²) in [6.45, 7) is 0. The highest BCUT2D eigenvalue weighted by atomic mass is 32.2. The SMILES string of the molecule is NNC(=O)Cc1ccccc1CSc1ncns1. The number of nitrogens with two attached hydrogens (primary N) is 1. The van der Waals surface area contributed by atoms with Crippen LogP contribution in [0.2, 0.25) is 0 Å². The van der Waals surface area contributed by atoms with Crippen LogP contribution in [0.1, 0.15) is 11.1 Å². The van der Waals surface area contributed by atoms with Gasteiger partial charge >= 0.3 is 0 Å². The van der Waals surface area contributed by atoms with E-state index in [9.17, 15) is 4.79 Å². The molecule has 0 saturated heterocycles. The Labute approximate surface area is 113 Å². The van der Waals surface area contributed by atoms with Crippen LogP contribution >= 0.6 is 23.3 Å². The van der Waals surface area contributed by atoms with Crippen molar-refractivity contribution in [3.63, 3.8) is 0 Å². The Hall–Kier alpha value is -1.44. The second-order valence-electron chi connectivity index (χ2n) is 3.51. The molecule has 1 heterocycles. The van der Waals surface area contributed by atoms with Gasteiger partial charge < -0.3 is 0 Å². The van der Waals surface area contributed by atoms with E-state index in [-0.39, 0.29) is 5.91 Å². The molecule has 0 saturated carbocycles. The van der Waals surface area contributed by atoms with Crippen molar-refractivity contribution in [3.8, 4) is 0 Å². The summed E-state index contributed by atoms with van der Waals surface area (Å²) < 4.78 is 4.87. The number of hydrogen-bond acceptors (Lipinski definition) is 6. The second-order valence-corrected chi connectivity index (χ2v) is 5.51. The van der Waals surface area contributed by atoms with Crippen molar-refractivity contribution in [3.05, 3.63) is 41.7 Å². The first-order valence-corrected chi connectivity index (χ1v) is 7.01. The van der Waals surface area contributed by atoms with Crippen molar-refractivity contribution in [2.45, 2.75) is 16.5 Å². The number of amides is 1. The van der Waals surface area contributed by atoms with Gasteiger partial charge in [0, 0.05) is 5.75 Å². The molecule has 0 aliphatic heterocycles. The molecule has 0 spiro atoms. The number of nitrogens with one attached hydrogen (secondary N) is 1. The summed E-state index contributed by atoms with van der Waals surface area (Å²) in [5.41, 5.74) is 4.24. The lowest BCUT2D eigenvalue weighted by Crippen LogP contribution is -2.31. The van der Waals surface area contributed by atoms with Crippen LogP contribution in [-0.2, 0) is 17.0 Å². The van der Waals surface area contributed by atoms with Crippen LogP contribution < -0.4 is 11.3 Å². The third kappa shape index (κ3) is 3.52. The van der Waals surface area contributed by atoms with Crippen LogP contribution in [0.25, 0.3) is 0 Å². The van der Waals surface area contributed by atoms with E-state index in [2.05, 4.69) is 14.8 Å².